The summed E-state index contributed by atoms with van der Waals surface area (Å²) in [6, 6.07) is 0. The van der Waals surface area contributed by atoms with Gasteiger partial charge in [0.05, 0.1) is 7.11 Å². The van der Waals surface area contributed by atoms with Crippen LogP contribution < -0.4 is 5.73 Å². The zero-order valence-corrected chi connectivity index (χ0v) is 6.51. The summed E-state index contributed by atoms with van der Waals surface area (Å²) in [6.07, 6.45) is 0.469. The van der Waals surface area contributed by atoms with Crippen LogP contribution in [-0.4, -0.2) is 19.0 Å². The number of hydrogen-bond acceptors (Lipinski definition) is 3. The van der Waals surface area contributed by atoms with E-state index in [1.54, 1.807) is 6.92 Å². The minimum absolute atomic E-state index is 0.157. The van der Waals surface area contributed by atoms with E-state index in [4.69, 9.17) is 0 Å². The van der Waals surface area contributed by atoms with Gasteiger partial charge >= 0.3 is 5.97 Å². The van der Waals surface area contributed by atoms with Crippen molar-refractivity contribution in [3.05, 3.63) is 0 Å². The molecule has 10 heavy (non-hydrogen) atoms. The number of rotatable bonds is 1. The molecule has 0 heterocycles. The van der Waals surface area contributed by atoms with Gasteiger partial charge < -0.3 is 10.5 Å². The van der Waals surface area contributed by atoms with E-state index in [0.29, 0.717) is 6.42 Å². The topological polar surface area (TPSA) is 69.4 Å². The smallest absolute Gasteiger partial charge is 0.305 e. The number of nitrogens with two attached hydrogens (primary N) is 1. The first-order valence-electron chi connectivity index (χ1n) is 2.87. The highest BCUT2D eigenvalue weighted by Gasteiger charge is 1.87. The van der Waals surface area contributed by atoms with Crippen molar-refractivity contribution < 1.29 is 14.3 Å². The van der Waals surface area contributed by atoms with E-state index in [9.17, 15) is 9.59 Å². The second-order valence-electron chi connectivity index (χ2n) is 1.54. The van der Waals surface area contributed by atoms with Gasteiger partial charge in [-0.15, -0.1) is 0 Å². The Balaban J connectivity index is 0. The van der Waals surface area contributed by atoms with E-state index in [-0.39, 0.29) is 11.9 Å². The SMILES string of the molecule is CC(N)=O.CCC(=O)OC. The molecule has 0 aromatic rings. The highest BCUT2D eigenvalue weighted by atomic mass is 16.5. The van der Waals surface area contributed by atoms with E-state index < -0.39 is 0 Å². The molecule has 0 aliphatic rings. The third kappa shape index (κ3) is 28.3. The van der Waals surface area contributed by atoms with Crippen molar-refractivity contribution in [2.75, 3.05) is 7.11 Å². The average Bonchev–Trinajstić information content (AvgIpc) is 1.85. The van der Waals surface area contributed by atoms with Gasteiger partial charge in [-0.1, -0.05) is 6.92 Å². The van der Waals surface area contributed by atoms with Crippen LogP contribution in [0.15, 0.2) is 0 Å². The molecular weight excluding hydrogens is 134 g/mol. The second kappa shape index (κ2) is 7.94. The minimum atomic E-state index is -0.333. The van der Waals surface area contributed by atoms with Crippen LogP contribution in [0.25, 0.3) is 0 Å². The number of carbonyl (C=O) groups is 2. The molecule has 0 rings (SSSR count). The van der Waals surface area contributed by atoms with Gasteiger partial charge in [0.15, 0.2) is 0 Å². The van der Waals surface area contributed by atoms with E-state index in [1.165, 1.54) is 14.0 Å². The van der Waals surface area contributed by atoms with Gasteiger partial charge in [-0.25, -0.2) is 0 Å². The third-order valence-electron chi connectivity index (χ3n) is 0.516. The first-order chi connectivity index (χ1) is 4.54. The van der Waals surface area contributed by atoms with Crippen LogP contribution in [0.1, 0.15) is 20.3 Å². The molecule has 0 spiro atoms. The summed E-state index contributed by atoms with van der Waals surface area (Å²) >= 11 is 0. The molecule has 4 heteroatoms. The highest BCUT2D eigenvalue weighted by Crippen LogP contribution is 1.76. The Morgan fingerprint density at radius 2 is 1.80 bits per heavy atom. The summed E-state index contributed by atoms with van der Waals surface area (Å²) in [6.45, 7) is 3.06. The predicted octanol–water partition coefficient (Wildman–Crippen LogP) is 0.0610. The van der Waals surface area contributed by atoms with Gasteiger partial charge in [-0.3, -0.25) is 9.59 Å². The van der Waals surface area contributed by atoms with Gasteiger partial charge in [0.1, 0.15) is 0 Å². The number of amides is 1. The number of methoxy groups -OCH3 is 1. The Bertz CT molecular complexity index is 102. The van der Waals surface area contributed by atoms with Crippen LogP contribution in [0.3, 0.4) is 0 Å². The van der Waals surface area contributed by atoms with Crippen molar-refractivity contribution in [2.45, 2.75) is 20.3 Å². The molecule has 0 atom stereocenters. The van der Waals surface area contributed by atoms with E-state index in [1.807, 2.05) is 0 Å². The van der Waals surface area contributed by atoms with Crippen LogP contribution in [0.5, 0.6) is 0 Å². The van der Waals surface area contributed by atoms with Gasteiger partial charge in [0.25, 0.3) is 0 Å². The fraction of sp³-hybridized carbons (Fsp3) is 0.667. The van der Waals surface area contributed by atoms with E-state index in [0.717, 1.165) is 0 Å². The molecule has 0 saturated heterocycles. The van der Waals surface area contributed by atoms with Crippen molar-refractivity contribution in [1.29, 1.82) is 0 Å². The maximum atomic E-state index is 9.96. The monoisotopic (exact) mass is 147 g/mol. The summed E-state index contributed by atoms with van der Waals surface area (Å²) < 4.78 is 4.26. The van der Waals surface area contributed by atoms with Crippen LogP contribution >= 0.6 is 0 Å². The Morgan fingerprint density at radius 3 is 1.80 bits per heavy atom. The number of hydrogen-bond donors (Lipinski definition) is 1. The summed E-state index contributed by atoms with van der Waals surface area (Å²) in [5, 5.41) is 0. The zero-order valence-electron chi connectivity index (χ0n) is 6.51. The number of esters is 1. The molecule has 1 amide bonds. The molecule has 0 aliphatic heterocycles. The Labute approximate surface area is 60.3 Å². The summed E-state index contributed by atoms with van der Waals surface area (Å²) in [5.74, 6) is -0.491. The standard InChI is InChI=1S/C4H8O2.C2H5NO/c1-3-4(5)6-2;1-2(3)4/h3H2,1-2H3;1H3,(H2,3,4). The predicted molar refractivity (Wildman–Crippen MR) is 37.2 cm³/mol. The minimum Gasteiger partial charge on any atom is -0.469 e. The van der Waals surface area contributed by atoms with E-state index >= 15 is 0 Å². The normalized spacial score (nSPS) is 7.10. The molecule has 0 bridgehead atoms. The van der Waals surface area contributed by atoms with Crippen molar-refractivity contribution in [3.63, 3.8) is 0 Å². The second-order valence-corrected chi connectivity index (χ2v) is 1.54. The van der Waals surface area contributed by atoms with Crippen molar-refractivity contribution in [2.24, 2.45) is 5.73 Å². The molecule has 0 aromatic carbocycles. The lowest BCUT2D eigenvalue weighted by Gasteiger charge is -1.87. The maximum Gasteiger partial charge on any atom is 0.305 e. The molecule has 2 N–H and O–H groups in total. The van der Waals surface area contributed by atoms with Gasteiger partial charge in [0.2, 0.25) is 5.91 Å². The van der Waals surface area contributed by atoms with Crippen molar-refractivity contribution in [3.8, 4) is 0 Å². The van der Waals surface area contributed by atoms with Crippen LogP contribution in [0.2, 0.25) is 0 Å². The van der Waals surface area contributed by atoms with Crippen molar-refractivity contribution in [1.82, 2.24) is 0 Å². The fourth-order valence-corrected chi connectivity index (χ4v) is 0.144. The third-order valence-corrected chi connectivity index (χ3v) is 0.516. The molecule has 60 valence electrons. The Hall–Kier alpha value is -1.06. The molecule has 0 unspecified atom stereocenters. The molecule has 0 saturated carbocycles. The lowest BCUT2D eigenvalue weighted by molar-refractivity contribution is -0.140. The van der Waals surface area contributed by atoms with Crippen LogP contribution in [0.4, 0.5) is 0 Å². The van der Waals surface area contributed by atoms with Gasteiger partial charge in [-0.2, -0.15) is 0 Å². The van der Waals surface area contributed by atoms with Gasteiger partial charge in [-0.05, 0) is 0 Å². The lowest BCUT2D eigenvalue weighted by Crippen LogP contribution is -2.01. The first kappa shape index (κ1) is 11.7. The maximum absolute atomic E-state index is 9.96. The quantitative estimate of drug-likeness (QED) is 0.533. The molecule has 0 radical (unpaired) electrons. The average molecular weight is 147 g/mol. The largest absolute Gasteiger partial charge is 0.469 e. The highest BCUT2D eigenvalue weighted by molar-refractivity contribution is 5.70. The number of primary amides is 1. The molecule has 0 fully saturated rings. The summed E-state index contributed by atoms with van der Waals surface area (Å²) in [7, 11) is 1.38. The van der Waals surface area contributed by atoms with Crippen LogP contribution in [0, 0.1) is 0 Å². The molecule has 0 aromatic heterocycles. The van der Waals surface area contributed by atoms with Crippen molar-refractivity contribution >= 4 is 11.9 Å². The summed E-state index contributed by atoms with van der Waals surface area (Å²) in [4.78, 5) is 19.2. The molecule has 4 nitrogen and oxygen atoms in total. The van der Waals surface area contributed by atoms with E-state index in [2.05, 4.69) is 10.5 Å². The number of carbonyl (C=O) groups excluding carboxylic acids is 2. The lowest BCUT2D eigenvalue weighted by atomic mass is 10.5. The molecule has 0 aliphatic carbocycles. The number of ether oxygens (including phenoxy) is 1. The zero-order chi connectivity index (χ0) is 8.57. The Morgan fingerprint density at radius 1 is 1.50 bits per heavy atom. The fourth-order valence-electron chi connectivity index (χ4n) is 0.144. The summed E-state index contributed by atoms with van der Waals surface area (Å²) in [5.41, 5.74) is 4.47. The molecular formula is C6H13NO3. The van der Waals surface area contributed by atoms with Crippen LogP contribution in [-0.2, 0) is 14.3 Å². The van der Waals surface area contributed by atoms with Gasteiger partial charge in [0, 0.05) is 13.3 Å². The Kier molecular flexibility index (Phi) is 9.29. The first-order valence-corrected chi connectivity index (χ1v) is 2.87.